The lowest BCUT2D eigenvalue weighted by atomic mass is 9.99. The van der Waals surface area contributed by atoms with Crippen LogP contribution in [0, 0.1) is 26.7 Å². The number of nitrogens with zero attached hydrogens (tertiary/aromatic N) is 3. The number of hydrogen-bond acceptors (Lipinski definition) is 5. The van der Waals surface area contributed by atoms with Crippen molar-refractivity contribution in [2.75, 3.05) is 13.1 Å². The third kappa shape index (κ3) is 3.45. The van der Waals surface area contributed by atoms with Crippen LogP contribution in [0.15, 0.2) is 5.03 Å². The number of rotatable bonds is 3. The number of likely N-dealkylation sites (tertiary alicyclic amines) is 1. The third-order valence-electron chi connectivity index (χ3n) is 4.84. The van der Waals surface area contributed by atoms with Crippen molar-refractivity contribution in [3.05, 3.63) is 16.3 Å². The Kier molecular flexibility index (Phi) is 5.16. The summed E-state index contributed by atoms with van der Waals surface area (Å²) in [4.78, 5) is 26.3. The Morgan fingerprint density at radius 2 is 1.92 bits per heavy atom. The molecule has 0 bridgehead atoms. The van der Waals surface area contributed by atoms with E-state index >= 15 is 0 Å². The molecule has 24 heavy (non-hydrogen) atoms. The Labute approximate surface area is 152 Å². The second kappa shape index (κ2) is 7.00. The van der Waals surface area contributed by atoms with Crippen LogP contribution < -0.4 is 0 Å². The van der Waals surface area contributed by atoms with Crippen molar-refractivity contribution < 1.29 is 4.79 Å². The van der Waals surface area contributed by atoms with Crippen molar-refractivity contribution in [1.29, 1.82) is 0 Å². The van der Waals surface area contributed by atoms with E-state index in [1.54, 1.807) is 23.1 Å². The van der Waals surface area contributed by atoms with Crippen molar-refractivity contribution in [1.82, 2.24) is 14.9 Å². The van der Waals surface area contributed by atoms with Crippen molar-refractivity contribution in [3.63, 3.8) is 0 Å². The summed E-state index contributed by atoms with van der Waals surface area (Å²) >= 11 is 3.29. The summed E-state index contributed by atoms with van der Waals surface area (Å²) in [6, 6.07) is 0. The monoisotopic (exact) mass is 363 g/mol. The average molecular weight is 364 g/mol. The highest BCUT2D eigenvalue weighted by molar-refractivity contribution is 8.00. The van der Waals surface area contributed by atoms with Gasteiger partial charge in [-0.3, -0.25) is 4.79 Å². The van der Waals surface area contributed by atoms with Crippen LogP contribution in [-0.4, -0.2) is 39.1 Å². The normalized spacial score (nSPS) is 17.5. The van der Waals surface area contributed by atoms with E-state index in [2.05, 4.69) is 30.7 Å². The van der Waals surface area contributed by atoms with Gasteiger partial charge in [-0.05, 0) is 52.0 Å². The molecule has 1 amide bonds. The minimum Gasteiger partial charge on any atom is -0.342 e. The van der Waals surface area contributed by atoms with Gasteiger partial charge in [0.15, 0.2) is 0 Å². The van der Waals surface area contributed by atoms with E-state index in [0.29, 0.717) is 0 Å². The molecule has 2 aromatic rings. The quantitative estimate of drug-likeness (QED) is 0.600. The number of piperidine rings is 1. The van der Waals surface area contributed by atoms with E-state index in [4.69, 9.17) is 0 Å². The number of aryl methyl sites for hydroxylation is 3. The molecule has 1 fully saturated rings. The number of thioether (sulfide) groups is 1. The minimum atomic E-state index is -0.115. The third-order valence-corrected chi connectivity index (χ3v) is 7.01. The predicted molar refractivity (Wildman–Crippen MR) is 102 cm³/mol. The van der Waals surface area contributed by atoms with Gasteiger partial charge < -0.3 is 4.90 Å². The molecule has 0 aliphatic carbocycles. The molecule has 0 spiro atoms. The van der Waals surface area contributed by atoms with Crippen LogP contribution in [0.2, 0.25) is 0 Å². The molecular formula is C18H25N3OS2. The summed E-state index contributed by atoms with van der Waals surface area (Å²) in [5.74, 6) is 1.75. The van der Waals surface area contributed by atoms with E-state index in [0.717, 1.165) is 52.9 Å². The fraction of sp³-hybridized carbons (Fsp3) is 0.611. The second-order valence-electron chi connectivity index (χ2n) is 6.81. The SMILES string of the molecule is Cc1nc(SC(C)C(=O)N2CCC(C)CC2)c2c(C)c(C)sc2n1. The van der Waals surface area contributed by atoms with Crippen LogP contribution >= 0.6 is 23.1 Å². The van der Waals surface area contributed by atoms with Crippen LogP contribution in [0.1, 0.15) is 43.0 Å². The van der Waals surface area contributed by atoms with Gasteiger partial charge in [-0.2, -0.15) is 0 Å². The minimum absolute atomic E-state index is 0.115. The summed E-state index contributed by atoms with van der Waals surface area (Å²) in [7, 11) is 0. The Balaban J connectivity index is 1.82. The fourth-order valence-electron chi connectivity index (χ4n) is 3.10. The maximum Gasteiger partial charge on any atom is 0.235 e. The molecule has 0 radical (unpaired) electrons. The van der Waals surface area contributed by atoms with Gasteiger partial charge in [0.05, 0.1) is 5.25 Å². The molecular weight excluding hydrogens is 338 g/mol. The van der Waals surface area contributed by atoms with Gasteiger partial charge in [-0.15, -0.1) is 11.3 Å². The van der Waals surface area contributed by atoms with E-state index in [9.17, 15) is 4.79 Å². The van der Waals surface area contributed by atoms with Crippen LogP contribution in [0.25, 0.3) is 10.2 Å². The Morgan fingerprint density at radius 1 is 1.25 bits per heavy atom. The molecule has 3 heterocycles. The Hall–Kier alpha value is -1.14. The number of fused-ring (bicyclic) bond motifs is 1. The molecule has 2 aromatic heterocycles. The van der Waals surface area contributed by atoms with Crippen LogP contribution in [-0.2, 0) is 4.79 Å². The number of thiophene rings is 1. The largest absolute Gasteiger partial charge is 0.342 e. The first-order valence-electron chi connectivity index (χ1n) is 8.56. The lowest BCUT2D eigenvalue weighted by Gasteiger charge is -2.32. The fourth-order valence-corrected chi connectivity index (χ4v) is 5.38. The number of hydrogen-bond donors (Lipinski definition) is 0. The lowest BCUT2D eigenvalue weighted by molar-refractivity contribution is -0.131. The molecule has 0 N–H and O–H groups in total. The summed E-state index contributed by atoms with van der Waals surface area (Å²) in [6.45, 7) is 12.2. The van der Waals surface area contributed by atoms with Gasteiger partial charge in [-0.1, -0.05) is 18.7 Å². The first-order chi connectivity index (χ1) is 11.4. The predicted octanol–water partition coefficient (Wildman–Crippen LogP) is 4.36. The summed E-state index contributed by atoms with van der Waals surface area (Å²) in [5.41, 5.74) is 1.24. The maximum absolute atomic E-state index is 12.8. The molecule has 1 aliphatic rings. The van der Waals surface area contributed by atoms with Crippen LogP contribution in [0.3, 0.4) is 0 Å². The molecule has 4 nitrogen and oxygen atoms in total. The molecule has 1 saturated heterocycles. The number of amides is 1. The van der Waals surface area contributed by atoms with Crippen LogP contribution in [0.5, 0.6) is 0 Å². The Bertz CT molecular complexity index is 763. The average Bonchev–Trinajstić information content (AvgIpc) is 2.81. The number of aromatic nitrogens is 2. The highest BCUT2D eigenvalue weighted by atomic mass is 32.2. The second-order valence-corrected chi connectivity index (χ2v) is 9.34. The van der Waals surface area contributed by atoms with Crippen molar-refractivity contribution in [3.8, 4) is 0 Å². The summed E-state index contributed by atoms with van der Waals surface area (Å²) < 4.78 is 0. The van der Waals surface area contributed by atoms with Gasteiger partial charge in [0, 0.05) is 23.4 Å². The Morgan fingerprint density at radius 3 is 2.58 bits per heavy atom. The molecule has 130 valence electrons. The van der Waals surface area contributed by atoms with E-state index in [-0.39, 0.29) is 11.2 Å². The van der Waals surface area contributed by atoms with Gasteiger partial charge in [0.1, 0.15) is 15.7 Å². The van der Waals surface area contributed by atoms with Crippen molar-refractivity contribution in [2.45, 2.75) is 57.7 Å². The molecule has 1 aliphatic heterocycles. The summed E-state index contributed by atoms with van der Waals surface area (Å²) in [6.07, 6.45) is 2.23. The number of carbonyl (C=O) groups excluding carboxylic acids is 1. The smallest absolute Gasteiger partial charge is 0.235 e. The van der Waals surface area contributed by atoms with Gasteiger partial charge in [-0.25, -0.2) is 9.97 Å². The molecule has 0 saturated carbocycles. The van der Waals surface area contributed by atoms with E-state index < -0.39 is 0 Å². The zero-order valence-electron chi connectivity index (χ0n) is 15.0. The summed E-state index contributed by atoms with van der Waals surface area (Å²) in [5, 5.41) is 1.96. The zero-order chi connectivity index (χ0) is 17.4. The van der Waals surface area contributed by atoms with Crippen LogP contribution in [0.4, 0.5) is 0 Å². The van der Waals surface area contributed by atoms with Gasteiger partial charge in [0.2, 0.25) is 5.91 Å². The maximum atomic E-state index is 12.8. The van der Waals surface area contributed by atoms with Gasteiger partial charge >= 0.3 is 0 Å². The topological polar surface area (TPSA) is 46.1 Å². The molecule has 1 unspecified atom stereocenters. The lowest BCUT2D eigenvalue weighted by Crippen LogP contribution is -2.41. The highest BCUT2D eigenvalue weighted by Gasteiger charge is 2.26. The highest BCUT2D eigenvalue weighted by Crippen LogP contribution is 2.37. The van der Waals surface area contributed by atoms with Crippen molar-refractivity contribution >= 4 is 39.2 Å². The zero-order valence-corrected chi connectivity index (χ0v) is 16.7. The van der Waals surface area contributed by atoms with Crippen molar-refractivity contribution in [2.24, 2.45) is 5.92 Å². The molecule has 3 rings (SSSR count). The first kappa shape index (κ1) is 17.7. The van der Waals surface area contributed by atoms with Gasteiger partial charge in [0.25, 0.3) is 0 Å². The molecule has 0 aromatic carbocycles. The molecule has 6 heteroatoms. The van der Waals surface area contributed by atoms with E-state index in [1.807, 2.05) is 18.7 Å². The first-order valence-corrected chi connectivity index (χ1v) is 10.3. The molecule has 1 atom stereocenters. The standard InChI is InChI=1S/C18H25N3OS2/c1-10-6-8-21(9-7-10)18(22)13(4)24-17-15-11(2)12(3)23-16(15)19-14(5)20-17/h10,13H,6-9H2,1-5H3. The van der Waals surface area contributed by atoms with E-state index in [1.165, 1.54) is 10.4 Å². The number of carbonyl (C=O) groups is 1.